The molecular formula is C11H10F2N2O. The molecule has 1 rings (SSSR count). The molecule has 1 aromatic carbocycles. The van der Waals surface area contributed by atoms with Gasteiger partial charge in [0.05, 0.1) is 11.9 Å². The van der Waals surface area contributed by atoms with E-state index in [2.05, 4.69) is 0 Å². The highest BCUT2D eigenvalue weighted by atomic mass is 19.1. The molecule has 3 nitrogen and oxygen atoms in total. The maximum atomic E-state index is 13.1. The lowest BCUT2D eigenvalue weighted by Crippen LogP contribution is -2.10. The van der Waals surface area contributed by atoms with Crippen molar-refractivity contribution in [3.05, 3.63) is 41.5 Å². The molecule has 0 aliphatic carbocycles. The minimum atomic E-state index is -0.668. The Kier molecular flexibility index (Phi) is 4.42. The Bertz CT molecular complexity index is 438. The van der Waals surface area contributed by atoms with Gasteiger partial charge in [0.1, 0.15) is 24.2 Å². The van der Waals surface area contributed by atoms with Crippen molar-refractivity contribution in [1.82, 2.24) is 0 Å². The summed E-state index contributed by atoms with van der Waals surface area (Å²) in [6.45, 7) is -0.00635. The van der Waals surface area contributed by atoms with Gasteiger partial charge < -0.3 is 10.5 Å². The van der Waals surface area contributed by atoms with Gasteiger partial charge in [0.15, 0.2) is 0 Å². The zero-order chi connectivity index (χ0) is 12.0. The molecule has 5 heteroatoms. The van der Waals surface area contributed by atoms with Crippen LogP contribution < -0.4 is 10.5 Å². The Morgan fingerprint density at radius 1 is 1.56 bits per heavy atom. The van der Waals surface area contributed by atoms with Crippen molar-refractivity contribution in [3.63, 3.8) is 0 Å². The van der Waals surface area contributed by atoms with E-state index in [0.717, 1.165) is 6.07 Å². The number of halogens is 2. The highest BCUT2D eigenvalue weighted by Gasteiger charge is 2.04. The summed E-state index contributed by atoms with van der Waals surface area (Å²) in [5, 5.41) is 8.50. The third-order valence-corrected chi connectivity index (χ3v) is 1.90. The fourth-order valence-corrected chi connectivity index (χ4v) is 0.987. The summed E-state index contributed by atoms with van der Waals surface area (Å²) in [7, 11) is 0. The molecule has 0 radical (unpaired) electrons. The number of rotatable bonds is 4. The summed E-state index contributed by atoms with van der Waals surface area (Å²) in [4.78, 5) is 0. The van der Waals surface area contributed by atoms with Gasteiger partial charge in [-0.15, -0.1) is 0 Å². The Morgan fingerprint density at radius 2 is 2.31 bits per heavy atom. The molecule has 0 fully saturated rings. The largest absolute Gasteiger partial charge is 0.489 e. The lowest BCUT2D eigenvalue weighted by molar-refractivity contribution is 0.345. The molecule has 0 unspecified atom stereocenters. The van der Waals surface area contributed by atoms with Gasteiger partial charge in [0.25, 0.3) is 0 Å². The Labute approximate surface area is 91.7 Å². The molecule has 16 heavy (non-hydrogen) atoms. The molecule has 0 atom stereocenters. The van der Waals surface area contributed by atoms with Gasteiger partial charge in [-0.2, -0.15) is 5.26 Å². The van der Waals surface area contributed by atoms with E-state index < -0.39 is 5.82 Å². The Morgan fingerprint density at radius 3 is 2.81 bits per heavy atom. The van der Waals surface area contributed by atoms with Gasteiger partial charge in [-0.05, 0) is 12.1 Å². The Balaban J connectivity index is 2.70. The van der Waals surface area contributed by atoms with Gasteiger partial charge in [-0.25, -0.2) is 8.78 Å². The molecule has 0 spiro atoms. The predicted molar refractivity (Wildman–Crippen MR) is 54.9 cm³/mol. The topological polar surface area (TPSA) is 59.0 Å². The minimum absolute atomic E-state index is 0.0370. The van der Waals surface area contributed by atoms with E-state index in [9.17, 15) is 8.78 Å². The van der Waals surface area contributed by atoms with Gasteiger partial charge in [-0.3, -0.25) is 0 Å². The van der Waals surface area contributed by atoms with Gasteiger partial charge in [0.2, 0.25) is 0 Å². The molecule has 0 heterocycles. The van der Waals surface area contributed by atoms with Crippen LogP contribution in [0, 0.1) is 17.1 Å². The van der Waals surface area contributed by atoms with Crippen LogP contribution in [-0.2, 0) is 0 Å². The van der Waals surface area contributed by atoms with Crippen LogP contribution in [0.2, 0.25) is 0 Å². The van der Waals surface area contributed by atoms with Crippen molar-refractivity contribution in [2.45, 2.75) is 0 Å². The molecule has 0 aromatic heterocycles. The van der Waals surface area contributed by atoms with Gasteiger partial charge >= 0.3 is 0 Å². The summed E-state index contributed by atoms with van der Waals surface area (Å²) in [6.07, 6.45) is 0.361. The van der Waals surface area contributed by atoms with E-state index in [4.69, 9.17) is 15.7 Å². The first kappa shape index (κ1) is 12.1. The maximum Gasteiger partial charge on any atom is 0.144 e. The normalized spacial score (nSPS) is 11.0. The number of nitriles is 1. The van der Waals surface area contributed by atoms with Gasteiger partial charge in [-0.1, -0.05) is 0 Å². The van der Waals surface area contributed by atoms with E-state index in [1.165, 1.54) is 12.1 Å². The number of ether oxygens (including phenoxy) is 1. The van der Waals surface area contributed by atoms with Crippen LogP contribution in [0.1, 0.15) is 5.56 Å². The number of nitrogens with two attached hydrogens (primary N) is 1. The van der Waals surface area contributed by atoms with Crippen molar-refractivity contribution in [3.8, 4) is 11.8 Å². The number of hydrogen-bond acceptors (Lipinski definition) is 3. The molecule has 2 N–H and O–H groups in total. The molecule has 0 aliphatic rings. The average Bonchev–Trinajstić information content (AvgIpc) is 2.30. The maximum absolute atomic E-state index is 13.1. The van der Waals surface area contributed by atoms with Crippen LogP contribution in [0.3, 0.4) is 0 Å². The SMILES string of the molecule is N#Cc1ccc(OC/C(=C/F)CN)cc1F. The first-order valence-corrected chi connectivity index (χ1v) is 4.52. The van der Waals surface area contributed by atoms with Crippen molar-refractivity contribution in [2.24, 2.45) is 5.73 Å². The first-order valence-electron chi connectivity index (χ1n) is 4.52. The van der Waals surface area contributed by atoms with E-state index in [-0.39, 0.29) is 30.0 Å². The average molecular weight is 224 g/mol. The van der Waals surface area contributed by atoms with Crippen molar-refractivity contribution in [2.75, 3.05) is 13.2 Å². The van der Waals surface area contributed by atoms with E-state index in [1.54, 1.807) is 6.07 Å². The number of benzene rings is 1. The molecule has 0 bridgehead atoms. The fraction of sp³-hybridized carbons (Fsp3) is 0.182. The fourth-order valence-electron chi connectivity index (χ4n) is 0.987. The Hall–Kier alpha value is -1.93. The van der Waals surface area contributed by atoms with Crippen LogP contribution in [0.5, 0.6) is 5.75 Å². The molecule has 0 saturated carbocycles. The van der Waals surface area contributed by atoms with E-state index >= 15 is 0 Å². The summed E-state index contributed by atoms with van der Waals surface area (Å²) in [5.74, 6) is -0.442. The van der Waals surface area contributed by atoms with Crippen molar-refractivity contribution in [1.29, 1.82) is 5.26 Å². The number of hydrogen-bond donors (Lipinski definition) is 1. The van der Waals surface area contributed by atoms with Gasteiger partial charge in [0, 0.05) is 18.2 Å². The van der Waals surface area contributed by atoms with Crippen LogP contribution in [0.25, 0.3) is 0 Å². The quantitative estimate of drug-likeness (QED) is 0.849. The molecule has 1 aromatic rings. The molecule has 84 valence electrons. The highest BCUT2D eigenvalue weighted by molar-refractivity contribution is 5.36. The van der Waals surface area contributed by atoms with Crippen LogP contribution in [-0.4, -0.2) is 13.2 Å². The van der Waals surface area contributed by atoms with Crippen LogP contribution in [0.4, 0.5) is 8.78 Å². The van der Waals surface area contributed by atoms with Crippen molar-refractivity contribution < 1.29 is 13.5 Å². The first-order chi connectivity index (χ1) is 7.71. The van der Waals surface area contributed by atoms with Crippen molar-refractivity contribution >= 4 is 0 Å². The second kappa shape index (κ2) is 5.83. The summed E-state index contributed by atoms with van der Waals surface area (Å²) in [6, 6.07) is 5.50. The number of nitrogens with zero attached hydrogens (tertiary/aromatic N) is 1. The second-order valence-corrected chi connectivity index (χ2v) is 3.01. The zero-order valence-electron chi connectivity index (χ0n) is 8.41. The third kappa shape index (κ3) is 3.04. The zero-order valence-corrected chi connectivity index (χ0v) is 8.41. The van der Waals surface area contributed by atoms with Crippen LogP contribution in [0.15, 0.2) is 30.1 Å². The van der Waals surface area contributed by atoms with E-state index in [0.29, 0.717) is 6.33 Å². The third-order valence-electron chi connectivity index (χ3n) is 1.90. The van der Waals surface area contributed by atoms with E-state index in [1.807, 2.05) is 0 Å². The lowest BCUT2D eigenvalue weighted by Gasteiger charge is -2.07. The monoisotopic (exact) mass is 224 g/mol. The van der Waals surface area contributed by atoms with Crippen LogP contribution >= 0.6 is 0 Å². The summed E-state index contributed by atoms with van der Waals surface area (Å²) < 4.78 is 30.3. The molecular weight excluding hydrogens is 214 g/mol. The standard InChI is InChI=1S/C11H10F2N2O/c12-4-8(5-14)7-16-10-2-1-9(6-15)11(13)3-10/h1-4H,5,7,14H2/b8-4+. The smallest absolute Gasteiger partial charge is 0.144 e. The lowest BCUT2D eigenvalue weighted by atomic mass is 10.2. The molecule has 0 amide bonds. The predicted octanol–water partition coefficient (Wildman–Crippen LogP) is 1.89. The highest BCUT2D eigenvalue weighted by Crippen LogP contribution is 2.16. The second-order valence-electron chi connectivity index (χ2n) is 3.01. The summed E-state index contributed by atoms with van der Waals surface area (Å²) in [5.41, 5.74) is 5.42. The molecule has 0 saturated heterocycles. The minimum Gasteiger partial charge on any atom is -0.489 e. The molecule has 0 aliphatic heterocycles. The summed E-state index contributed by atoms with van der Waals surface area (Å²) >= 11 is 0.